The molecule has 0 N–H and O–H groups in total. The predicted molar refractivity (Wildman–Crippen MR) is 94.4 cm³/mol. The van der Waals surface area contributed by atoms with E-state index in [0.717, 1.165) is 12.0 Å². The van der Waals surface area contributed by atoms with Crippen LogP contribution < -0.4 is 0 Å². The third-order valence-corrected chi connectivity index (χ3v) is 3.63. The van der Waals surface area contributed by atoms with Crippen molar-refractivity contribution in [1.82, 2.24) is 0 Å². The van der Waals surface area contributed by atoms with Gasteiger partial charge in [-0.2, -0.15) is 0 Å². The minimum absolute atomic E-state index is 0.246. The first-order chi connectivity index (χ1) is 11.2. The summed E-state index contributed by atoms with van der Waals surface area (Å²) < 4.78 is 5.47. The van der Waals surface area contributed by atoms with Gasteiger partial charge in [-0.15, -0.1) is 0 Å². The highest BCUT2D eigenvalue weighted by Gasteiger charge is 2.12. The zero-order valence-electron chi connectivity index (χ0n) is 13.6. The number of rotatable bonds is 6. The Labute approximate surface area is 138 Å². The van der Waals surface area contributed by atoms with Crippen LogP contribution in [0.4, 0.5) is 0 Å². The molecule has 2 nitrogen and oxygen atoms in total. The number of allylic oxidation sites excluding steroid dienone is 3. The topological polar surface area (TPSA) is 26.3 Å². The van der Waals surface area contributed by atoms with Crippen molar-refractivity contribution in [2.45, 2.75) is 26.4 Å². The van der Waals surface area contributed by atoms with Gasteiger partial charge in [-0.05, 0) is 43.5 Å². The lowest BCUT2D eigenvalue weighted by molar-refractivity contribution is 0.0406. The first-order valence-corrected chi connectivity index (χ1v) is 7.80. The van der Waals surface area contributed by atoms with Crippen LogP contribution in [0.1, 0.15) is 29.8 Å². The zero-order chi connectivity index (χ0) is 16.5. The number of hydrogen-bond donors (Lipinski definition) is 0. The van der Waals surface area contributed by atoms with Gasteiger partial charge in [0.25, 0.3) is 0 Å². The molecule has 2 rings (SSSR count). The summed E-state index contributed by atoms with van der Waals surface area (Å²) in [6.07, 6.45) is 6.75. The molecule has 0 heterocycles. The number of esters is 1. The van der Waals surface area contributed by atoms with Crippen molar-refractivity contribution < 1.29 is 9.53 Å². The molecule has 0 amide bonds. The number of benzene rings is 2. The van der Waals surface area contributed by atoms with Gasteiger partial charge in [-0.1, -0.05) is 66.8 Å². The first kappa shape index (κ1) is 16.8. The van der Waals surface area contributed by atoms with Crippen LogP contribution in [-0.4, -0.2) is 12.1 Å². The third kappa shape index (κ3) is 5.59. The summed E-state index contributed by atoms with van der Waals surface area (Å²) in [4.78, 5) is 12.0. The Morgan fingerprint density at radius 3 is 2.30 bits per heavy atom. The van der Waals surface area contributed by atoms with Gasteiger partial charge in [-0.25, -0.2) is 4.79 Å². The Morgan fingerprint density at radius 2 is 1.65 bits per heavy atom. The monoisotopic (exact) mass is 306 g/mol. The number of carbonyl (C=O) groups excluding carboxylic acids is 1. The number of carbonyl (C=O) groups is 1. The Morgan fingerprint density at radius 1 is 1.04 bits per heavy atom. The van der Waals surface area contributed by atoms with Crippen LogP contribution in [0.15, 0.2) is 84.5 Å². The van der Waals surface area contributed by atoms with Gasteiger partial charge in [0, 0.05) is 0 Å². The van der Waals surface area contributed by atoms with Crippen molar-refractivity contribution in [3.63, 3.8) is 0 Å². The van der Waals surface area contributed by atoms with Gasteiger partial charge in [-0.3, -0.25) is 0 Å². The van der Waals surface area contributed by atoms with Crippen LogP contribution in [0.25, 0.3) is 0 Å². The molecule has 0 aliphatic carbocycles. The molecule has 2 aromatic rings. The van der Waals surface area contributed by atoms with Crippen LogP contribution >= 0.6 is 0 Å². The summed E-state index contributed by atoms with van der Waals surface area (Å²) in [6.45, 7) is 3.85. The second kappa shape index (κ2) is 8.74. The Bertz CT molecular complexity index is 670. The summed E-state index contributed by atoms with van der Waals surface area (Å²) in [5.74, 6) is -0.292. The fraction of sp³-hybridized carbons (Fsp3) is 0.190. The average molecular weight is 306 g/mol. The molecule has 0 spiro atoms. The van der Waals surface area contributed by atoms with Gasteiger partial charge < -0.3 is 4.74 Å². The van der Waals surface area contributed by atoms with Crippen molar-refractivity contribution in [3.05, 3.63) is 95.6 Å². The standard InChI is InChI=1S/C21H22O2/c1-17(11-9-10-14-19-12-5-3-6-13-19)18(2)23-21(22)20-15-7-4-8-16-20/h3-13,15-16,18H,14H2,1-2H3/b10-9+,17-11+. The molecule has 0 saturated carbocycles. The van der Waals surface area contributed by atoms with E-state index in [1.807, 2.05) is 62.4 Å². The molecule has 0 bridgehead atoms. The van der Waals surface area contributed by atoms with E-state index >= 15 is 0 Å². The summed E-state index contributed by atoms with van der Waals surface area (Å²) in [5, 5.41) is 0. The lowest BCUT2D eigenvalue weighted by Gasteiger charge is -2.13. The summed E-state index contributed by atoms with van der Waals surface area (Å²) in [5.41, 5.74) is 2.86. The van der Waals surface area contributed by atoms with Crippen molar-refractivity contribution in [2.75, 3.05) is 0 Å². The van der Waals surface area contributed by atoms with Gasteiger partial charge >= 0.3 is 5.97 Å². The highest BCUT2D eigenvalue weighted by molar-refractivity contribution is 5.89. The van der Waals surface area contributed by atoms with Crippen LogP contribution in [-0.2, 0) is 11.2 Å². The summed E-state index contributed by atoms with van der Waals surface area (Å²) in [7, 11) is 0. The molecule has 118 valence electrons. The SMILES string of the molecule is C/C(=C\C=C\Cc1ccccc1)C(C)OC(=O)c1ccccc1. The van der Waals surface area contributed by atoms with Gasteiger partial charge in [0.2, 0.25) is 0 Å². The summed E-state index contributed by atoms with van der Waals surface area (Å²) in [6, 6.07) is 19.3. The van der Waals surface area contributed by atoms with E-state index in [4.69, 9.17) is 4.74 Å². The zero-order valence-corrected chi connectivity index (χ0v) is 13.6. The van der Waals surface area contributed by atoms with Crippen LogP contribution in [0.3, 0.4) is 0 Å². The van der Waals surface area contributed by atoms with Gasteiger partial charge in [0.15, 0.2) is 0 Å². The largest absolute Gasteiger partial charge is 0.455 e. The molecule has 0 aliphatic rings. The minimum Gasteiger partial charge on any atom is -0.455 e. The molecule has 2 heteroatoms. The fourth-order valence-corrected chi connectivity index (χ4v) is 2.07. The maximum atomic E-state index is 12.0. The number of hydrogen-bond acceptors (Lipinski definition) is 2. The van der Waals surface area contributed by atoms with E-state index in [2.05, 4.69) is 18.2 Å². The molecule has 0 aliphatic heterocycles. The highest BCUT2D eigenvalue weighted by atomic mass is 16.5. The number of ether oxygens (including phenoxy) is 1. The first-order valence-electron chi connectivity index (χ1n) is 7.80. The Kier molecular flexibility index (Phi) is 6.37. The molecule has 0 fully saturated rings. The predicted octanol–water partition coefficient (Wildman–Crippen LogP) is 4.98. The third-order valence-electron chi connectivity index (χ3n) is 3.63. The highest BCUT2D eigenvalue weighted by Crippen LogP contribution is 2.10. The molecule has 1 atom stereocenters. The smallest absolute Gasteiger partial charge is 0.338 e. The van der Waals surface area contributed by atoms with Crippen LogP contribution in [0.2, 0.25) is 0 Å². The summed E-state index contributed by atoms with van der Waals surface area (Å²) >= 11 is 0. The minimum atomic E-state index is -0.292. The van der Waals surface area contributed by atoms with Crippen molar-refractivity contribution in [2.24, 2.45) is 0 Å². The molecule has 2 aromatic carbocycles. The maximum Gasteiger partial charge on any atom is 0.338 e. The second-order valence-corrected chi connectivity index (χ2v) is 5.44. The van der Waals surface area contributed by atoms with Crippen LogP contribution in [0, 0.1) is 0 Å². The van der Waals surface area contributed by atoms with E-state index in [0.29, 0.717) is 5.56 Å². The van der Waals surface area contributed by atoms with E-state index in [9.17, 15) is 4.79 Å². The second-order valence-electron chi connectivity index (χ2n) is 5.44. The maximum absolute atomic E-state index is 12.0. The van der Waals surface area contributed by atoms with E-state index < -0.39 is 0 Å². The normalized spacial score (nSPS) is 13.0. The van der Waals surface area contributed by atoms with Gasteiger partial charge in [0.05, 0.1) is 5.56 Å². The van der Waals surface area contributed by atoms with E-state index in [-0.39, 0.29) is 12.1 Å². The molecule has 0 radical (unpaired) electrons. The van der Waals surface area contributed by atoms with E-state index in [1.165, 1.54) is 5.56 Å². The Hall–Kier alpha value is -2.61. The molecule has 1 unspecified atom stereocenters. The molecular formula is C21H22O2. The Balaban J connectivity index is 1.86. The van der Waals surface area contributed by atoms with Gasteiger partial charge in [0.1, 0.15) is 6.10 Å². The molecule has 0 aromatic heterocycles. The lowest BCUT2D eigenvalue weighted by atomic mass is 10.1. The fourth-order valence-electron chi connectivity index (χ4n) is 2.07. The van der Waals surface area contributed by atoms with Crippen molar-refractivity contribution in [3.8, 4) is 0 Å². The lowest BCUT2D eigenvalue weighted by Crippen LogP contribution is -2.16. The van der Waals surface area contributed by atoms with E-state index in [1.54, 1.807) is 12.1 Å². The average Bonchev–Trinajstić information content (AvgIpc) is 2.60. The quantitative estimate of drug-likeness (QED) is 0.556. The van der Waals surface area contributed by atoms with Crippen molar-refractivity contribution >= 4 is 5.97 Å². The van der Waals surface area contributed by atoms with Crippen LogP contribution in [0.5, 0.6) is 0 Å². The van der Waals surface area contributed by atoms with Crippen molar-refractivity contribution in [1.29, 1.82) is 0 Å². The molecular weight excluding hydrogens is 284 g/mol. The molecule has 23 heavy (non-hydrogen) atoms. The molecule has 0 saturated heterocycles.